The van der Waals surface area contributed by atoms with Gasteiger partial charge in [-0.2, -0.15) is 5.10 Å². The molecule has 0 bridgehead atoms. The van der Waals surface area contributed by atoms with Crippen molar-refractivity contribution >= 4 is 17.4 Å². The van der Waals surface area contributed by atoms with Crippen molar-refractivity contribution in [3.05, 3.63) is 59.2 Å². The molecule has 0 atom stereocenters. The molecule has 0 amide bonds. The Kier molecular flexibility index (Phi) is 4.23. The molecule has 0 saturated carbocycles. The van der Waals surface area contributed by atoms with Crippen molar-refractivity contribution < 1.29 is 15.0 Å². The van der Waals surface area contributed by atoms with Crippen LogP contribution in [0.25, 0.3) is 0 Å². The lowest BCUT2D eigenvalue weighted by molar-refractivity contribution is 0.0697. The van der Waals surface area contributed by atoms with Crippen LogP contribution in [-0.2, 0) is 0 Å². The number of phenolic OH excluding ortho intramolecular Hbond substituents is 1. The van der Waals surface area contributed by atoms with E-state index >= 15 is 0 Å². The first-order chi connectivity index (χ1) is 9.97. The molecule has 0 unspecified atom stereocenters. The highest BCUT2D eigenvalue weighted by molar-refractivity contribution is 6.01. The second-order valence-corrected chi connectivity index (χ2v) is 4.71. The van der Waals surface area contributed by atoms with E-state index in [0.29, 0.717) is 17.0 Å². The number of hydrogen-bond donors (Lipinski definition) is 3. The summed E-state index contributed by atoms with van der Waals surface area (Å²) in [7, 11) is 0. The summed E-state index contributed by atoms with van der Waals surface area (Å²) < 4.78 is 0. The largest absolute Gasteiger partial charge is 0.507 e. The number of anilines is 1. The summed E-state index contributed by atoms with van der Waals surface area (Å²) in [4.78, 5) is 10.8. The Morgan fingerprint density at radius 2 is 1.81 bits per heavy atom. The Bertz CT molecular complexity index is 691. The maximum absolute atomic E-state index is 10.8. The van der Waals surface area contributed by atoms with Gasteiger partial charge in [0.2, 0.25) is 0 Å². The lowest BCUT2D eigenvalue weighted by Gasteiger charge is -2.06. The van der Waals surface area contributed by atoms with E-state index in [-0.39, 0.29) is 11.3 Å². The number of hydrogen-bond acceptors (Lipinski definition) is 4. The van der Waals surface area contributed by atoms with E-state index < -0.39 is 5.97 Å². The summed E-state index contributed by atoms with van der Waals surface area (Å²) in [5.74, 6) is -0.787. The third kappa shape index (κ3) is 3.60. The maximum atomic E-state index is 10.8. The van der Waals surface area contributed by atoms with E-state index in [2.05, 4.69) is 10.5 Å². The van der Waals surface area contributed by atoms with Gasteiger partial charge in [-0.25, -0.2) is 4.79 Å². The van der Waals surface area contributed by atoms with Crippen LogP contribution < -0.4 is 5.43 Å². The van der Waals surface area contributed by atoms with Crippen LogP contribution in [0.4, 0.5) is 5.69 Å². The topological polar surface area (TPSA) is 81.9 Å². The molecule has 0 saturated heterocycles. The van der Waals surface area contributed by atoms with E-state index in [1.165, 1.54) is 12.1 Å². The van der Waals surface area contributed by atoms with E-state index in [1.54, 1.807) is 31.2 Å². The number of aromatic carboxylic acids is 1. The molecule has 0 aliphatic heterocycles. The molecule has 5 nitrogen and oxygen atoms in total. The van der Waals surface area contributed by atoms with E-state index in [4.69, 9.17) is 5.11 Å². The first-order valence-corrected chi connectivity index (χ1v) is 6.41. The predicted octanol–water partition coefficient (Wildman–Crippen LogP) is 3.23. The number of carboxylic acid groups (broad SMARTS) is 1. The van der Waals surface area contributed by atoms with Gasteiger partial charge in [0.05, 0.1) is 17.0 Å². The number of aryl methyl sites for hydroxylation is 1. The zero-order valence-electron chi connectivity index (χ0n) is 11.8. The summed E-state index contributed by atoms with van der Waals surface area (Å²) in [6, 6.07) is 11.6. The third-order valence-corrected chi connectivity index (χ3v) is 3.03. The van der Waals surface area contributed by atoms with Gasteiger partial charge in [-0.3, -0.25) is 5.43 Å². The summed E-state index contributed by atoms with van der Waals surface area (Å²) in [6.07, 6.45) is 0. The smallest absolute Gasteiger partial charge is 0.335 e. The van der Waals surface area contributed by atoms with Gasteiger partial charge in [-0.1, -0.05) is 6.07 Å². The fourth-order valence-electron chi connectivity index (χ4n) is 1.84. The molecule has 2 aromatic carbocycles. The SMILES string of the molecule is CC(=NNc1ccc(C(=O)O)cc1)c1ccc(C)cc1O. The maximum Gasteiger partial charge on any atom is 0.335 e. The van der Waals surface area contributed by atoms with E-state index in [9.17, 15) is 9.90 Å². The molecule has 0 spiro atoms. The van der Waals surface area contributed by atoms with Crippen LogP contribution in [0.15, 0.2) is 47.6 Å². The second kappa shape index (κ2) is 6.09. The van der Waals surface area contributed by atoms with Crippen LogP contribution in [0.5, 0.6) is 5.75 Å². The van der Waals surface area contributed by atoms with E-state index in [1.807, 2.05) is 13.0 Å². The molecule has 21 heavy (non-hydrogen) atoms. The Labute approximate surface area is 122 Å². The molecule has 2 aromatic rings. The van der Waals surface area contributed by atoms with Crippen molar-refractivity contribution in [2.75, 3.05) is 5.43 Å². The zero-order chi connectivity index (χ0) is 15.4. The minimum absolute atomic E-state index is 0.180. The third-order valence-electron chi connectivity index (χ3n) is 3.03. The summed E-state index contributed by atoms with van der Waals surface area (Å²) >= 11 is 0. The molecule has 0 aliphatic rings. The highest BCUT2D eigenvalue weighted by Crippen LogP contribution is 2.19. The van der Waals surface area contributed by atoms with Crippen LogP contribution in [0.3, 0.4) is 0 Å². The van der Waals surface area contributed by atoms with Gasteiger partial charge >= 0.3 is 5.97 Å². The molecular formula is C16H16N2O3. The summed E-state index contributed by atoms with van der Waals surface area (Å²) in [6.45, 7) is 3.68. The average molecular weight is 284 g/mol. The lowest BCUT2D eigenvalue weighted by atomic mass is 10.1. The number of phenols is 1. The molecule has 108 valence electrons. The molecule has 0 heterocycles. The van der Waals surface area contributed by atoms with Crippen LogP contribution in [0.2, 0.25) is 0 Å². The number of carboxylic acids is 1. The quantitative estimate of drug-likeness (QED) is 0.594. The zero-order valence-corrected chi connectivity index (χ0v) is 11.8. The first-order valence-electron chi connectivity index (χ1n) is 6.41. The van der Waals surface area contributed by atoms with Gasteiger partial charge in [-0.15, -0.1) is 0 Å². The normalized spacial score (nSPS) is 11.2. The van der Waals surface area contributed by atoms with Crippen molar-refractivity contribution in [1.29, 1.82) is 0 Å². The highest BCUT2D eigenvalue weighted by Gasteiger charge is 2.05. The van der Waals surface area contributed by atoms with E-state index in [0.717, 1.165) is 5.56 Å². The van der Waals surface area contributed by atoms with Crippen molar-refractivity contribution in [2.45, 2.75) is 13.8 Å². The highest BCUT2D eigenvalue weighted by atomic mass is 16.4. The number of benzene rings is 2. The van der Waals surface area contributed by atoms with Crippen LogP contribution in [0, 0.1) is 6.92 Å². The fraction of sp³-hybridized carbons (Fsp3) is 0.125. The van der Waals surface area contributed by atoms with Crippen molar-refractivity contribution in [3.8, 4) is 5.75 Å². The Morgan fingerprint density at radius 1 is 1.14 bits per heavy atom. The number of nitrogens with zero attached hydrogens (tertiary/aromatic N) is 1. The molecular weight excluding hydrogens is 268 g/mol. The average Bonchev–Trinajstić information content (AvgIpc) is 2.45. The lowest BCUT2D eigenvalue weighted by Crippen LogP contribution is -2.01. The molecule has 5 heteroatoms. The summed E-state index contributed by atoms with van der Waals surface area (Å²) in [5.41, 5.74) is 5.98. The molecule has 0 radical (unpaired) electrons. The molecule has 2 rings (SSSR count). The number of hydrazone groups is 1. The number of rotatable bonds is 4. The number of aromatic hydroxyl groups is 1. The van der Waals surface area contributed by atoms with Gasteiger partial charge in [0, 0.05) is 5.56 Å². The second-order valence-electron chi connectivity index (χ2n) is 4.71. The minimum Gasteiger partial charge on any atom is -0.507 e. The van der Waals surface area contributed by atoms with Crippen LogP contribution in [-0.4, -0.2) is 21.9 Å². The van der Waals surface area contributed by atoms with Crippen molar-refractivity contribution in [3.63, 3.8) is 0 Å². The molecule has 0 aromatic heterocycles. The summed E-state index contributed by atoms with van der Waals surface area (Å²) in [5, 5.41) is 22.9. The Balaban J connectivity index is 2.14. The van der Waals surface area contributed by atoms with Gasteiger partial charge < -0.3 is 10.2 Å². The monoisotopic (exact) mass is 284 g/mol. The fourth-order valence-corrected chi connectivity index (χ4v) is 1.84. The van der Waals surface area contributed by atoms with Gasteiger partial charge in [-0.05, 0) is 55.8 Å². The molecule has 0 fully saturated rings. The van der Waals surface area contributed by atoms with Crippen LogP contribution in [0.1, 0.15) is 28.4 Å². The Morgan fingerprint density at radius 3 is 2.38 bits per heavy atom. The Hall–Kier alpha value is -2.82. The van der Waals surface area contributed by atoms with Gasteiger partial charge in [0.15, 0.2) is 0 Å². The molecule has 3 N–H and O–H groups in total. The minimum atomic E-state index is -0.967. The van der Waals surface area contributed by atoms with Crippen molar-refractivity contribution in [1.82, 2.24) is 0 Å². The first kappa shape index (κ1) is 14.6. The number of nitrogens with one attached hydrogen (secondary N) is 1. The van der Waals surface area contributed by atoms with Crippen molar-refractivity contribution in [2.24, 2.45) is 5.10 Å². The van der Waals surface area contributed by atoms with Crippen LogP contribution >= 0.6 is 0 Å². The predicted molar refractivity (Wildman–Crippen MR) is 82.1 cm³/mol. The molecule has 0 aliphatic carbocycles. The standard InChI is InChI=1S/C16H16N2O3/c1-10-3-8-14(15(19)9-10)11(2)17-18-13-6-4-12(5-7-13)16(20)21/h3-9,18-19H,1-2H3,(H,20,21). The van der Waals surface area contributed by atoms with Gasteiger partial charge in [0.25, 0.3) is 0 Å². The number of carbonyl (C=O) groups is 1. The van der Waals surface area contributed by atoms with Gasteiger partial charge in [0.1, 0.15) is 5.75 Å².